The molecule has 0 amide bonds. The van der Waals surface area contributed by atoms with Crippen LogP contribution >= 0.6 is 0 Å². The van der Waals surface area contributed by atoms with Gasteiger partial charge in [0.05, 0.1) is 0 Å². The summed E-state index contributed by atoms with van der Waals surface area (Å²) in [5.74, 6) is 0. The average Bonchev–Trinajstić information content (AvgIpc) is 1.97. The molecule has 0 fully saturated rings. The van der Waals surface area contributed by atoms with Crippen molar-refractivity contribution < 1.29 is 4.24 Å². The molecule has 1 rings (SSSR count). The van der Waals surface area contributed by atoms with Crippen LogP contribution in [0.5, 0.6) is 0 Å². The van der Waals surface area contributed by atoms with Gasteiger partial charge in [-0.15, -0.1) is 0 Å². The first-order valence-electron chi connectivity index (χ1n) is 3.94. The highest BCUT2D eigenvalue weighted by atomic mass is 28.2. The molecule has 0 aromatic heterocycles. The van der Waals surface area contributed by atoms with Crippen molar-refractivity contribution in [3.8, 4) is 0 Å². The Hall–Kier alpha value is -0.573. The molecule has 0 N–H and O–H groups in total. The standard InChI is InChI=1S/C8H15N2Si/c1-5-10-8(3)6-7(2)9(4)11-10/h6H,5H2,1-4H3/q+1. The third-order valence-electron chi connectivity index (χ3n) is 1.96. The molecule has 0 aromatic rings. The van der Waals surface area contributed by atoms with Crippen LogP contribution in [0.1, 0.15) is 20.8 Å². The molecular weight excluding hydrogens is 152 g/mol. The van der Waals surface area contributed by atoms with Crippen molar-refractivity contribution in [2.24, 2.45) is 0 Å². The van der Waals surface area contributed by atoms with Crippen molar-refractivity contribution in [2.45, 2.75) is 20.8 Å². The highest BCUT2D eigenvalue weighted by Crippen LogP contribution is 2.05. The van der Waals surface area contributed by atoms with Crippen molar-refractivity contribution in [3.05, 3.63) is 11.8 Å². The van der Waals surface area contributed by atoms with Gasteiger partial charge < -0.3 is 4.57 Å². The molecule has 2 radical (unpaired) electrons. The zero-order chi connectivity index (χ0) is 8.43. The average molecular weight is 167 g/mol. The lowest BCUT2D eigenvalue weighted by Gasteiger charge is -2.21. The smallest absolute Gasteiger partial charge is 0.341 e. The Balaban J connectivity index is 2.82. The summed E-state index contributed by atoms with van der Waals surface area (Å²) in [6.07, 6.45) is 2.24. The number of hydrogen-bond donors (Lipinski definition) is 0. The Morgan fingerprint density at radius 1 is 1.55 bits per heavy atom. The van der Waals surface area contributed by atoms with Gasteiger partial charge in [-0.25, -0.2) is 0 Å². The van der Waals surface area contributed by atoms with Crippen molar-refractivity contribution in [1.82, 2.24) is 4.57 Å². The minimum absolute atomic E-state index is 0.789. The van der Waals surface area contributed by atoms with Crippen LogP contribution in [0.2, 0.25) is 0 Å². The first kappa shape index (κ1) is 8.52. The Morgan fingerprint density at radius 3 is 2.73 bits per heavy atom. The van der Waals surface area contributed by atoms with Crippen LogP contribution in [0.25, 0.3) is 0 Å². The van der Waals surface area contributed by atoms with Crippen LogP contribution in [0.3, 0.4) is 0 Å². The second kappa shape index (κ2) is 3.22. The topological polar surface area (TPSA) is 6.25 Å². The zero-order valence-corrected chi connectivity index (χ0v) is 8.68. The first-order chi connectivity index (χ1) is 5.15. The minimum Gasteiger partial charge on any atom is -0.341 e. The molecule has 0 spiro atoms. The van der Waals surface area contributed by atoms with E-state index in [1.54, 1.807) is 0 Å². The lowest BCUT2D eigenvalue weighted by atomic mass is 10.3. The van der Waals surface area contributed by atoms with Crippen molar-refractivity contribution in [1.29, 1.82) is 0 Å². The van der Waals surface area contributed by atoms with E-state index in [0.29, 0.717) is 0 Å². The van der Waals surface area contributed by atoms with E-state index in [0.717, 1.165) is 16.4 Å². The number of nitrogens with zero attached hydrogens (tertiary/aromatic N) is 2. The summed E-state index contributed by atoms with van der Waals surface area (Å²) in [5, 5.41) is 0. The second-order valence-electron chi connectivity index (χ2n) is 2.83. The van der Waals surface area contributed by atoms with E-state index >= 15 is 0 Å². The monoisotopic (exact) mass is 167 g/mol. The molecule has 0 bridgehead atoms. The fourth-order valence-corrected chi connectivity index (χ4v) is 2.08. The number of rotatable bonds is 1. The van der Waals surface area contributed by atoms with E-state index < -0.39 is 0 Å². The van der Waals surface area contributed by atoms with Crippen molar-refractivity contribution in [2.75, 3.05) is 13.6 Å². The van der Waals surface area contributed by atoms with E-state index in [1.807, 2.05) is 0 Å². The maximum Gasteiger partial charge on any atom is 0.643 e. The Labute approximate surface area is 71.2 Å². The molecule has 0 saturated carbocycles. The van der Waals surface area contributed by atoms with E-state index in [-0.39, 0.29) is 0 Å². The molecular formula is C8H15N2Si+. The van der Waals surface area contributed by atoms with Gasteiger partial charge in [0.1, 0.15) is 7.05 Å². The van der Waals surface area contributed by atoms with E-state index in [1.165, 1.54) is 11.4 Å². The predicted octanol–water partition coefficient (Wildman–Crippen LogP) is 0.863. The summed E-state index contributed by atoms with van der Waals surface area (Å²) in [6.45, 7) is 7.63. The van der Waals surface area contributed by atoms with Gasteiger partial charge in [0.2, 0.25) is 0 Å². The highest BCUT2D eigenvalue weighted by molar-refractivity contribution is 6.25. The largest absolute Gasteiger partial charge is 0.643 e. The molecule has 1 aliphatic rings. The molecule has 11 heavy (non-hydrogen) atoms. The Kier molecular flexibility index (Phi) is 2.49. The summed E-state index contributed by atoms with van der Waals surface area (Å²) in [4.78, 5) is 0. The number of hydrogen-bond acceptors (Lipinski definition) is 1. The minimum atomic E-state index is 0.789. The molecule has 60 valence electrons. The van der Waals surface area contributed by atoms with E-state index in [4.69, 9.17) is 0 Å². The molecule has 0 unspecified atom stereocenters. The van der Waals surface area contributed by atoms with Crippen LogP contribution in [-0.2, 0) is 0 Å². The molecule has 0 aromatic carbocycles. The van der Waals surface area contributed by atoms with E-state index in [9.17, 15) is 0 Å². The van der Waals surface area contributed by atoms with Gasteiger partial charge in [0.25, 0.3) is 0 Å². The van der Waals surface area contributed by atoms with Crippen molar-refractivity contribution >= 4 is 15.6 Å². The number of allylic oxidation sites excluding steroid dienone is 2. The highest BCUT2D eigenvalue weighted by Gasteiger charge is 2.22. The molecule has 0 aliphatic carbocycles. The maximum absolute atomic E-state index is 2.38. The first-order valence-corrected chi connectivity index (χ1v) is 4.84. The summed E-state index contributed by atoms with van der Waals surface area (Å²) < 4.78 is 4.67. The fourth-order valence-electron chi connectivity index (χ4n) is 1.14. The fraction of sp³-hybridized carbons (Fsp3) is 0.625. The molecule has 0 saturated heterocycles. The molecule has 2 nitrogen and oxygen atoms in total. The van der Waals surface area contributed by atoms with Crippen LogP contribution < -0.4 is 0 Å². The van der Waals surface area contributed by atoms with Gasteiger partial charge in [-0.05, 0) is 13.8 Å². The van der Waals surface area contributed by atoms with Gasteiger partial charge in [-0.1, -0.05) is 0 Å². The van der Waals surface area contributed by atoms with Gasteiger partial charge >= 0.3 is 9.84 Å². The van der Waals surface area contributed by atoms with Gasteiger partial charge in [0.15, 0.2) is 5.71 Å². The lowest BCUT2D eigenvalue weighted by molar-refractivity contribution is -0.352. The zero-order valence-electron chi connectivity index (χ0n) is 7.68. The van der Waals surface area contributed by atoms with Crippen LogP contribution in [-0.4, -0.2) is 38.0 Å². The lowest BCUT2D eigenvalue weighted by Crippen LogP contribution is -2.38. The summed E-state index contributed by atoms with van der Waals surface area (Å²) >= 11 is 0. The van der Waals surface area contributed by atoms with Gasteiger partial charge in [-0.2, -0.15) is 0 Å². The normalized spacial score (nSPS) is 18.9. The summed E-state index contributed by atoms with van der Waals surface area (Å²) in [6, 6.07) is 0. The van der Waals surface area contributed by atoms with Crippen molar-refractivity contribution in [3.63, 3.8) is 0 Å². The van der Waals surface area contributed by atoms with Crippen LogP contribution in [0.15, 0.2) is 11.8 Å². The predicted molar refractivity (Wildman–Crippen MR) is 48.8 cm³/mol. The van der Waals surface area contributed by atoms with E-state index in [2.05, 4.69) is 42.7 Å². The third kappa shape index (κ3) is 1.71. The quantitative estimate of drug-likeness (QED) is 0.525. The Morgan fingerprint density at radius 2 is 2.18 bits per heavy atom. The maximum atomic E-state index is 2.38. The Bertz CT molecular complexity index is 218. The van der Waals surface area contributed by atoms with Gasteiger partial charge in [0, 0.05) is 25.2 Å². The molecule has 0 atom stereocenters. The third-order valence-corrected chi connectivity index (χ3v) is 3.52. The van der Waals surface area contributed by atoms with Crippen LogP contribution in [0, 0.1) is 0 Å². The molecule has 1 heterocycles. The van der Waals surface area contributed by atoms with Crippen LogP contribution in [0.4, 0.5) is 0 Å². The summed E-state index contributed by atoms with van der Waals surface area (Å²) in [7, 11) is 2.93. The molecule has 3 heteroatoms. The molecule has 1 aliphatic heterocycles. The SMILES string of the molecule is CCN1[Si][N+](C)=C(C)C=C1C. The second-order valence-corrected chi connectivity index (χ2v) is 4.24. The summed E-state index contributed by atoms with van der Waals surface area (Å²) in [5.41, 5.74) is 2.76. The van der Waals surface area contributed by atoms with Gasteiger partial charge in [-0.3, -0.25) is 4.24 Å².